The molecule has 1 aromatic heterocycles. The molecular weight excluding hydrogens is 383 g/mol. The Morgan fingerprint density at radius 1 is 1.14 bits per heavy atom. The summed E-state index contributed by atoms with van der Waals surface area (Å²) in [4.78, 5) is 14.3. The number of pyridine rings is 1. The van der Waals surface area contributed by atoms with Crippen LogP contribution in [0.25, 0.3) is 11.1 Å². The van der Waals surface area contributed by atoms with Crippen LogP contribution in [0.2, 0.25) is 5.02 Å². The first-order chi connectivity index (χ1) is 13.4. The molecule has 138 valence electrons. The highest BCUT2D eigenvalue weighted by Gasteiger charge is 2.18. The van der Waals surface area contributed by atoms with Crippen molar-refractivity contribution in [2.75, 3.05) is 5.73 Å². The van der Waals surface area contributed by atoms with Gasteiger partial charge in [0.15, 0.2) is 0 Å². The molecule has 0 amide bonds. The number of nitrogens with zero attached hydrogens (tertiary/aromatic N) is 2. The zero-order valence-corrected chi connectivity index (χ0v) is 15.0. The quantitative estimate of drug-likeness (QED) is 0.699. The van der Waals surface area contributed by atoms with Crippen LogP contribution in [0.4, 0.5) is 10.2 Å². The van der Waals surface area contributed by atoms with E-state index in [0.29, 0.717) is 16.9 Å². The van der Waals surface area contributed by atoms with Gasteiger partial charge >= 0.3 is 0 Å². The van der Waals surface area contributed by atoms with Crippen molar-refractivity contribution >= 4 is 17.4 Å². The molecule has 0 radical (unpaired) electrons. The standard InChI is InChI=1S/C20H12ClFN4O2/c21-17-7-13(22)5-4-12(17)10-28-14-3-1-2-11(6-14)18-15(8-23)19(25)26-20(27)16(18)9-24/h1-7H,10H2,(H3,25,26,27). The van der Waals surface area contributed by atoms with Crippen molar-refractivity contribution in [1.29, 1.82) is 10.5 Å². The molecule has 8 heteroatoms. The number of H-pyrrole nitrogens is 1. The van der Waals surface area contributed by atoms with E-state index >= 15 is 0 Å². The van der Waals surface area contributed by atoms with E-state index in [1.807, 2.05) is 12.1 Å². The Morgan fingerprint density at radius 2 is 1.89 bits per heavy atom. The zero-order chi connectivity index (χ0) is 20.3. The summed E-state index contributed by atoms with van der Waals surface area (Å²) in [5.41, 5.74) is 5.97. The Morgan fingerprint density at radius 3 is 2.57 bits per heavy atom. The van der Waals surface area contributed by atoms with Gasteiger partial charge in [-0.05, 0) is 29.8 Å². The summed E-state index contributed by atoms with van der Waals surface area (Å²) in [6.45, 7) is 0.0797. The molecule has 0 aliphatic heterocycles. The minimum atomic E-state index is -0.682. The van der Waals surface area contributed by atoms with Gasteiger partial charge in [0, 0.05) is 11.1 Å². The average Bonchev–Trinajstić information content (AvgIpc) is 2.67. The number of halogens is 2. The Kier molecular flexibility index (Phi) is 5.30. The maximum atomic E-state index is 13.1. The van der Waals surface area contributed by atoms with Crippen LogP contribution in [0, 0.1) is 28.5 Å². The number of anilines is 1. The second-order valence-corrected chi connectivity index (χ2v) is 6.18. The number of benzene rings is 2. The minimum absolute atomic E-state index is 0.00474. The topological polar surface area (TPSA) is 116 Å². The summed E-state index contributed by atoms with van der Waals surface area (Å²) in [5.74, 6) is -0.161. The van der Waals surface area contributed by atoms with E-state index in [1.54, 1.807) is 24.3 Å². The van der Waals surface area contributed by atoms with Crippen LogP contribution < -0.4 is 16.0 Å². The number of aromatic amines is 1. The first-order valence-electron chi connectivity index (χ1n) is 7.97. The number of hydrogen-bond acceptors (Lipinski definition) is 5. The zero-order valence-electron chi connectivity index (χ0n) is 14.3. The van der Waals surface area contributed by atoms with Gasteiger partial charge in [0.25, 0.3) is 5.56 Å². The summed E-state index contributed by atoms with van der Waals surface area (Å²) < 4.78 is 18.8. The van der Waals surface area contributed by atoms with Crippen LogP contribution in [0.3, 0.4) is 0 Å². The fraction of sp³-hybridized carbons (Fsp3) is 0.0500. The van der Waals surface area contributed by atoms with E-state index in [-0.39, 0.29) is 34.1 Å². The van der Waals surface area contributed by atoms with Gasteiger partial charge in [0.2, 0.25) is 0 Å². The van der Waals surface area contributed by atoms with Gasteiger partial charge in [-0.2, -0.15) is 10.5 Å². The number of nitrogens with two attached hydrogens (primary N) is 1. The molecule has 0 bridgehead atoms. The molecule has 1 heterocycles. The number of ether oxygens (including phenoxy) is 1. The van der Waals surface area contributed by atoms with E-state index in [9.17, 15) is 19.7 Å². The van der Waals surface area contributed by atoms with Crippen LogP contribution >= 0.6 is 11.6 Å². The monoisotopic (exact) mass is 394 g/mol. The van der Waals surface area contributed by atoms with Crippen molar-refractivity contribution in [3.8, 4) is 29.0 Å². The average molecular weight is 395 g/mol. The van der Waals surface area contributed by atoms with Crippen LogP contribution in [-0.2, 0) is 6.61 Å². The SMILES string of the molecule is N#Cc1c(N)[nH]c(=O)c(C#N)c1-c1cccc(OCc2ccc(F)cc2Cl)c1. The first-order valence-corrected chi connectivity index (χ1v) is 8.35. The molecule has 0 saturated carbocycles. The largest absolute Gasteiger partial charge is 0.489 e. The lowest BCUT2D eigenvalue weighted by Crippen LogP contribution is -2.16. The van der Waals surface area contributed by atoms with Crippen molar-refractivity contribution < 1.29 is 9.13 Å². The lowest BCUT2D eigenvalue weighted by Gasteiger charge is -2.12. The lowest BCUT2D eigenvalue weighted by molar-refractivity contribution is 0.306. The highest BCUT2D eigenvalue weighted by atomic mass is 35.5. The van der Waals surface area contributed by atoms with Crippen molar-refractivity contribution in [1.82, 2.24) is 4.98 Å². The van der Waals surface area contributed by atoms with Crippen molar-refractivity contribution in [2.45, 2.75) is 6.61 Å². The van der Waals surface area contributed by atoms with E-state index in [0.717, 1.165) is 0 Å². The Hall–Kier alpha value is -3.81. The van der Waals surface area contributed by atoms with Gasteiger partial charge in [-0.25, -0.2) is 4.39 Å². The first kappa shape index (κ1) is 19.0. The molecule has 0 aliphatic rings. The lowest BCUT2D eigenvalue weighted by atomic mass is 9.96. The molecule has 0 saturated heterocycles. The van der Waals surface area contributed by atoms with Crippen LogP contribution in [0.1, 0.15) is 16.7 Å². The van der Waals surface area contributed by atoms with Gasteiger partial charge in [-0.3, -0.25) is 4.79 Å². The number of hydrogen-bond donors (Lipinski definition) is 2. The predicted octanol–water partition coefficient (Wildman–Crippen LogP) is 3.74. The molecule has 28 heavy (non-hydrogen) atoms. The summed E-state index contributed by atoms with van der Waals surface area (Å²) >= 11 is 5.99. The van der Waals surface area contributed by atoms with Gasteiger partial charge in [-0.1, -0.05) is 29.8 Å². The van der Waals surface area contributed by atoms with Crippen molar-refractivity contribution in [3.63, 3.8) is 0 Å². The highest BCUT2D eigenvalue weighted by molar-refractivity contribution is 6.31. The molecule has 3 rings (SSSR count). The van der Waals surface area contributed by atoms with Crippen molar-refractivity contribution in [2.24, 2.45) is 0 Å². The molecule has 0 unspecified atom stereocenters. The maximum Gasteiger partial charge on any atom is 0.268 e. The van der Waals surface area contributed by atoms with E-state index in [1.165, 1.54) is 18.2 Å². The molecular formula is C20H12ClFN4O2. The summed E-state index contributed by atoms with van der Waals surface area (Å²) in [7, 11) is 0. The van der Waals surface area contributed by atoms with Gasteiger partial charge in [0.05, 0.1) is 5.02 Å². The van der Waals surface area contributed by atoms with Gasteiger partial charge < -0.3 is 15.5 Å². The smallest absolute Gasteiger partial charge is 0.268 e. The molecule has 0 spiro atoms. The molecule has 0 atom stereocenters. The van der Waals surface area contributed by atoms with Gasteiger partial charge in [-0.15, -0.1) is 0 Å². The van der Waals surface area contributed by atoms with Crippen LogP contribution in [0.15, 0.2) is 47.3 Å². The maximum absolute atomic E-state index is 13.1. The Labute approximate surface area is 164 Å². The van der Waals surface area contributed by atoms with Gasteiger partial charge in [0.1, 0.15) is 47.3 Å². The molecule has 2 aromatic carbocycles. The second-order valence-electron chi connectivity index (χ2n) is 5.77. The van der Waals surface area contributed by atoms with Crippen molar-refractivity contribution in [3.05, 3.63) is 80.3 Å². The third-order valence-corrected chi connectivity index (χ3v) is 4.35. The minimum Gasteiger partial charge on any atom is -0.489 e. The number of nitrogen functional groups attached to an aromatic ring is 1. The Bertz CT molecular complexity index is 1210. The number of aromatic nitrogens is 1. The molecule has 3 aromatic rings. The predicted molar refractivity (Wildman–Crippen MR) is 102 cm³/mol. The number of nitrogens with one attached hydrogen (secondary N) is 1. The summed E-state index contributed by atoms with van der Waals surface area (Å²) in [6.07, 6.45) is 0. The summed E-state index contributed by atoms with van der Waals surface area (Å²) in [5, 5.41) is 19.0. The number of nitriles is 2. The molecule has 3 N–H and O–H groups in total. The van der Waals surface area contributed by atoms with Crippen LogP contribution in [0.5, 0.6) is 5.75 Å². The summed E-state index contributed by atoms with van der Waals surface area (Å²) in [6, 6.07) is 14.2. The highest BCUT2D eigenvalue weighted by Crippen LogP contribution is 2.31. The van der Waals surface area contributed by atoms with E-state index in [2.05, 4.69) is 4.98 Å². The number of rotatable bonds is 4. The fourth-order valence-electron chi connectivity index (χ4n) is 2.67. The second kappa shape index (κ2) is 7.83. The molecule has 6 nitrogen and oxygen atoms in total. The Balaban J connectivity index is 2.00. The molecule has 0 aliphatic carbocycles. The van der Waals surface area contributed by atoms with Crippen LogP contribution in [-0.4, -0.2) is 4.98 Å². The molecule has 0 fully saturated rings. The third-order valence-electron chi connectivity index (χ3n) is 4.00. The van der Waals surface area contributed by atoms with E-state index < -0.39 is 11.4 Å². The fourth-order valence-corrected chi connectivity index (χ4v) is 2.89. The van der Waals surface area contributed by atoms with E-state index in [4.69, 9.17) is 22.1 Å². The normalized spacial score (nSPS) is 10.1. The third kappa shape index (κ3) is 3.66.